The molecule has 5 heteroatoms. The third-order valence-corrected chi connectivity index (χ3v) is 7.80. The largest absolute Gasteiger partial charge is 0.392 e. The minimum atomic E-state index is -2.91. The SMILES string of the molecule is CCC1(C(O)C/C=C/C2CCC(=O)C2C/C=C/CCCP(C)(=O)O)CCC1. The number of hydrogen-bond acceptors (Lipinski definition) is 3. The summed E-state index contributed by atoms with van der Waals surface area (Å²) in [5, 5.41) is 10.5. The Hall–Kier alpha value is -0.700. The zero-order valence-corrected chi connectivity index (χ0v) is 17.9. The summed E-state index contributed by atoms with van der Waals surface area (Å²) in [6, 6.07) is 0. The Morgan fingerprint density at radius 1 is 1.30 bits per heavy atom. The average molecular weight is 397 g/mol. The lowest BCUT2D eigenvalue weighted by Crippen LogP contribution is -2.40. The molecule has 0 heterocycles. The fraction of sp³-hybridized carbons (Fsp3) is 0.773. The van der Waals surface area contributed by atoms with E-state index < -0.39 is 7.37 Å². The molecule has 2 aliphatic carbocycles. The second-order valence-electron chi connectivity index (χ2n) is 8.65. The molecule has 2 rings (SSSR count). The summed E-state index contributed by atoms with van der Waals surface area (Å²) >= 11 is 0. The number of carbonyl (C=O) groups is 1. The predicted molar refractivity (Wildman–Crippen MR) is 111 cm³/mol. The molecular formula is C22H37O4P. The highest BCUT2D eigenvalue weighted by Gasteiger charge is 2.41. The molecule has 2 aliphatic rings. The van der Waals surface area contributed by atoms with E-state index in [1.807, 2.05) is 6.08 Å². The fourth-order valence-electron chi connectivity index (χ4n) is 4.52. The van der Waals surface area contributed by atoms with Gasteiger partial charge in [-0.25, -0.2) is 0 Å². The second kappa shape index (κ2) is 10.2. The van der Waals surface area contributed by atoms with Crippen molar-refractivity contribution in [2.24, 2.45) is 17.3 Å². The third-order valence-electron chi connectivity index (χ3n) is 6.66. The van der Waals surface area contributed by atoms with Crippen LogP contribution in [0.3, 0.4) is 0 Å². The first-order valence-corrected chi connectivity index (χ1v) is 12.9. The van der Waals surface area contributed by atoms with Crippen molar-refractivity contribution in [3.63, 3.8) is 0 Å². The van der Waals surface area contributed by atoms with Crippen LogP contribution >= 0.6 is 7.37 Å². The maximum Gasteiger partial charge on any atom is 0.197 e. The topological polar surface area (TPSA) is 74.6 Å². The Labute approximate surface area is 164 Å². The number of aliphatic hydroxyl groups excluding tert-OH is 1. The first kappa shape index (κ1) is 22.6. The first-order chi connectivity index (χ1) is 12.8. The van der Waals surface area contributed by atoms with E-state index in [-0.39, 0.29) is 23.4 Å². The summed E-state index contributed by atoms with van der Waals surface area (Å²) in [7, 11) is -2.91. The van der Waals surface area contributed by atoms with Gasteiger partial charge >= 0.3 is 0 Å². The molecule has 2 saturated carbocycles. The zero-order valence-electron chi connectivity index (χ0n) is 17.0. The quantitative estimate of drug-likeness (QED) is 0.290. The van der Waals surface area contributed by atoms with Gasteiger partial charge in [0.05, 0.1) is 6.10 Å². The van der Waals surface area contributed by atoms with E-state index in [1.165, 1.54) is 13.1 Å². The van der Waals surface area contributed by atoms with Gasteiger partial charge in [0.1, 0.15) is 5.78 Å². The van der Waals surface area contributed by atoms with Crippen molar-refractivity contribution in [3.8, 4) is 0 Å². The number of rotatable bonds is 11. The van der Waals surface area contributed by atoms with E-state index in [2.05, 4.69) is 25.2 Å². The normalized spacial score (nSPS) is 28.5. The number of Topliss-reactive ketones (excluding diaryl/α,β-unsaturated/α-hetero) is 1. The van der Waals surface area contributed by atoms with E-state index in [0.29, 0.717) is 31.2 Å². The van der Waals surface area contributed by atoms with Gasteiger partial charge in [0, 0.05) is 25.2 Å². The van der Waals surface area contributed by atoms with Crippen molar-refractivity contribution < 1.29 is 19.4 Å². The molecule has 0 spiro atoms. The lowest BCUT2D eigenvalue weighted by Gasteiger charge is -2.45. The summed E-state index contributed by atoms with van der Waals surface area (Å²) < 4.78 is 11.3. The highest BCUT2D eigenvalue weighted by atomic mass is 31.2. The molecular weight excluding hydrogens is 359 g/mol. The van der Waals surface area contributed by atoms with Crippen LogP contribution in [0.5, 0.6) is 0 Å². The zero-order chi connectivity index (χ0) is 19.9. The maximum absolute atomic E-state index is 12.2. The van der Waals surface area contributed by atoms with Crippen molar-refractivity contribution in [2.75, 3.05) is 12.8 Å². The Kier molecular flexibility index (Phi) is 8.52. The molecule has 0 aromatic rings. The van der Waals surface area contributed by atoms with Gasteiger partial charge in [-0.05, 0) is 62.7 Å². The molecule has 0 amide bonds. The second-order valence-corrected chi connectivity index (χ2v) is 11.2. The van der Waals surface area contributed by atoms with E-state index >= 15 is 0 Å². The minimum absolute atomic E-state index is 0.0496. The molecule has 0 aromatic heterocycles. The average Bonchev–Trinajstić information content (AvgIpc) is 2.90. The van der Waals surface area contributed by atoms with Crippen molar-refractivity contribution in [1.82, 2.24) is 0 Å². The summed E-state index contributed by atoms with van der Waals surface area (Å²) in [5.74, 6) is 0.669. The predicted octanol–water partition coefficient (Wildman–Crippen LogP) is 5.10. The van der Waals surface area contributed by atoms with Crippen LogP contribution in [0.2, 0.25) is 0 Å². The summed E-state index contributed by atoms with van der Waals surface area (Å²) in [4.78, 5) is 21.5. The van der Waals surface area contributed by atoms with Gasteiger partial charge < -0.3 is 10.00 Å². The standard InChI is InChI=1S/C22H37O4P/c1-3-22(15-9-16-22)21(24)12-8-10-18-13-14-20(23)19(18)11-6-4-5-7-17-27(2,25)26/h4,6,8,10,18-19,21,24H,3,5,7,9,11-17H2,1-2H3,(H,25,26)/b6-4+,10-8+. The van der Waals surface area contributed by atoms with E-state index in [1.54, 1.807) is 0 Å². The van der Waals surface area contributed by atoms with Crippen LogP contribution in [0.25, 0.3) is 0 Å². The van der Waals surface area contributed by atoms with Crippen LogP contribution < -0.4 is 0 Å². The number of carbonyl (C=O) groups excluding carboxylic acids is 1. The molecule has 0 radical (unpaired) electrons. The summed E-state index contributed by atoms with van der Waals surface area (Å²) in [6.07, 6.45) is 17.5. The van der Waals surface area contributed by atoms with Crippen molar-refractivity contribution in [1.29, 1.82) is 0 Å². The molecule has 154 valence electrons. The van der Waals surface area contributed by atoms with E-state index in [9.17, 15) is 19.4 Å². The van der Waals surface area contributed by atoms with Crippen LogP contribution in [-0.4, -0.2) is 34.7 Å². The van der Waals surface area contributed by atoms with Gasteiger partial charge in [-0.15, -0.1) is 0 Å². The van der Waals surface area contributed by atoms with E-state index in [4.69, 9.17) is 0 Å². The van der Waals surface area contributed by atoms with Crippen LogP contribution in [0.1, 0.15) is 71.1 Å². The molecule has 27 heavy (non-hydrogen) atoms. The number of ketones is 1. The van der Waals surface area contributed by atoms with Crippen LogP contribution in [0, 0.1) is 17.3 Å². The number of allylic oxidation sites excluding steroid dienone is 3. The molecule has 0 saturated heterocycles. The molecule has 0 bridgehead atoms. The fourth-order valence-corrected chi connectivity index (χ4v) is 5.29. The lowest BCUT2D eigenvalue weighted by molar-refractivity contribution is -0.120. The van der Waals surface area contributed by atoms with Gasteiger partial charge in [0.25, 0.3) is 0 Å². The summed E-state index contributed by atoms with van der Waals surface area (Å²) in [6.45, 7) is 3.57. The van der Waals surface area contributed by atoms with Gasteiger partial charge in [0.2, 0.25) is 0 Å². The molecule has 4 atom stereocenters. The molecule has 4 nitrogen and oxygen atoms in total. The smallest absolute Gasteiger partial charge is 0.197 e. The monoisotopic (exact) mass is 396 g/mol. The first-order valence-electron chi connectivity index (χ1n) is 10.6. The maximum atomic E-state index is 12.2. The van der Waals surface area contributed by atoms with E-state index in [0.717, 1.165) is 38.5 Å². The van der Waals surface area contributed by atoms with Crippen LogP contribution in [0.15, 0.2) is 24.3 Å². The van der Waals surface area contributed by atoms with Crippen LogP contribution in [0.4, 0.5) is 0 Å². The minimum Gasteiger partial charge on any atom is -0.392 e. The molecule has 0 aliphatic heterocycles. The van der Waals surface area contributed by atoms with Crippen LogP contribution in [-0.2, 0) is 9.36 Å². The number of aliphatic hydroxyl groups is 1. The third kappa shape index (κ3) is 6.69. The highest BCUT2D eigenvalue weighted by Crippen LogP contribution is 2.47. The Morgan fingerprint density at radius 3 is 2.63 bits per heavy atom. The van der Waals surface area contributed by atoms with Crippen molar-refractivity contribution in [2.45, 2.75) is 77.2 Å². The van der Waals surface area contributed by atoms with Gasteiger partial charge in [0.15, 0.2) is 7.37 Å². The van der Waals surface area contributed by atoms with Gasteiger partial charge in [-0.2, -0.15) is 0 Å². The van der Waals surface area contributed by atoms with Gasteiger partial charge in [-0.3, -0.25) is 9.36 Å². The summed E-state index contributed by atoms with van der Waals surface area (Å²) in [5.41, 5.74) is 0.134. The molecule has 0 aromatic carbocycles. The Morgan fingerprint density at radius 2 is 2.04 bits per heavy atom. The number of unbranched alkanes of at least 4 members (excludes halogenated alkanes) is 1. The lowest BCUT2D eigenvalue weighted by atomic mass is 9.63. The molecule has 4 unspecified atom stereocenters. The Balaban J connectivity index is 1.77. The number of hydrogen-bond donors (Lipinski definition) is 2. The van der Waals surface area contributed by atoms with Crippen molar-refractivity contribution >= 4 is 13.2 Å². The van der Waals surface area contributed by atoms with Crippen molar-refractivity contribution in [3.05, 3.63) is 24.3 Å². The van der Waals surface area contributed by atoms with Gasteiger partial charge in [-0.1, -0.05) is 37.6 Å². The molecule has 2 N–H and O–H groups in total. The molecule has 2 fully saturated rings. The Bertz CT molecular complexity index is 580. The highest BCUT2D eigenvalue weighted by molar-refractivity contribution is 7.57.